The minimum Gasteiger partial charge on any atom is -0.668 e. The minimum absolute atomic E-state index is 0. The van der Waals surface area contributed by atoms with Gasteiger partial charge in [0.15, 0.2) is 0 Å². The van der Waals surface area contributed by atoms with Crippen molar-refractivity contribution >= 4 is 49.6 Å². The van der Waals surface area contributed by atoms with Gasteiger partial charge in [-0.2, -0.15) is 14.1 Å². The monoisotopic (exact) mass is 236 g/mol. The molecule has 0 aliphatic carbocycles. The number of halogens is 4. The van der Waals surface area contributed by atoms with Crippen molar-refractivity contribution in [2.75, 3.05) is 14.1 Å². The summed E-state index contributed by atoms with van der Waals surface area (Å²) < 4.78 is 0. The topological polar surface area (TPSA) is 14.1 Å². The van der Waals surface area contributed by atoms with Crippen LogP contribution in [0.5, 0.6) is 0 Å². The molecule has 56 valence electrons. The van der Waals surface area contributed by atoms with Crippen molar-refractivity contribution in [1.82, 2.24) is 0 Å². The first kappa shape index (κ1) is 52.2. The molecule has 6 heteroatoms. The maximum absolute atomic E-state index is 3.50. The van der Waals surface area contributed by atoms with Gasteiger partial charge in [-0.25, -0.2) is 0 Å². The fraction of sp³-hybridized carbons (Fsp3) is 1.00. The third-order valence-corrected chi connectivity index (χ3v) is 0. The molecular formula is C2H10Cl4NTi-. The van der Waals surface area contributed by atoms with E-state index in [4.69, 9.17) is 0 Å². The van der Waals surface area contributed by atoms with Crippen LogP contribution in [0.3, 0.4) is 0 Å². The summed E-state index contributed by atoms with van der Waals surface area (Å²) >= 11 is 0. The van der Waals surface area contributed by atoms with Crippen LogP contribution in [0.25, 0.3) is 5.32 Å². The van der Waals surface area contributed by atoms with Gasteiger partial charge in [-0.3, -0.25) is 0 Å². The van der Waals surface area contributed by atoms with Gasteiger partial charge in [-0.05, 0) is 0 Å². The maximum Gasteiger partial charge on any atom is 0 e. The predicted octanol–water partition coefficient (Wildman–Crippen LogP) is 2.30. The standard InChI is InChI=1S/C2H6N.4ClH.Ti/c1-3-2;;;;;/h1-2H3;4*1H;/q-1;;;;;. The van der Waals surface area contributed by atoms with E-state index in [0.717, 1.165) is 0 Å². The number of nitrogens with zero attached hydrogens (tertiary/aromatic N) is 1. The second-order valence-corrected chi connectivity index (χ2v) is 0.447. The number of hydrogen-bond acceptors (Lipinski definition) is 0. The molecule has 0 aliphatic rings. The van der Waals surface area contributed by atoms with E-state index in [0.29, 0.717) is 0 Å². The summed E-state index contributed by atoms with van der Waals surface area (Å²) in [5, 5.41) is 3.50. The third-order valence-electron chi connectivity index (χ3n) is 0. The predicted molar refractivity (Wildman–Crippen MR) is 44.2 cm³/mol. The smallest absolute Gasteiger partial charge is 0 e. The zero-order valence-corrected chi connectivity index (χ0v) is 9.41. The molecule has 0 radical (unpaired) electrons. The summed E-state index contributed by atoms with van der Waals surface area (Å²) in [6.07, 6.45) is 0. The Labute approximate surface area is 90.3 Å². The third kappa shape index (κ3) is 109. The second-order valence-electron chi connectivity index (χ2n) is 0.447. The van der Waals surface area contributed by atoms with E-state index in [-0.39, 0.29) is 71.3 Å². The Bertz CT molecular complexity index is 14.0. The van der Waals surface area contributed by atoms with Gasteiger partial charge in [0.05, 0.1) is 0 Å². The van der Waals surface area contributed by atoms with Crippen LogP contribution in [0.15, 0.2) is 0 Å². The van der Waals surface area contributed by atoms with Crippen LogP contribution in [0.4, 0.5) is 0 Å². The van der Waals surface area contributed by atoms with Crippen LogP contribution < -0.4 is 0 Å². The molecule has 0 rings (SSSR count). The van der Waals surface area contributed by atoms with Crippen LogP contribution in [0.2, 0.25) is 0 Å². The largest absolute Gasteiger partial charge is 0.668 e. The normalized spacial score (nSPS) is 2.25. The molecule has 0 fully saturated rings. The zero-order chi connectivity index (χ0) is 2.71. The number of rotatable bonds is 0. The number of hydrogen-bond donors (Lipinski definition) is 0. The van der Waals surface area contributed by atoms with Crippen molar-refractivity contribution in [1.29, 1.82) is 0 Å². The van der Waals surface area contributed by atoms with Crippen LogP contribution in [0, 0.1) is 0 Å². The van der Waals surface area contributed by atoms with Crippen LogP contribution >= 0.6 is 49.6 Å². The van der Waals surface area contributed by atoms with Gasteiger partial charge >= 0.3 is 0 Å². The Kier molecular flexibility index (Phi) is 440. The van der Waals surface area contributed by atoms with E-state index in [1.807, 2.05) is 0 Å². The molecule has 0 spiro atoms. The Morgan fingerprint density at radius 1 is 0.750 bits per heavy atom. The molecule has 0 aromatic carbocycles. The summed E-state index contributed by atoms with van der Waals surface area (Å²) in [4.78, 5) is 0. The summed E-state index contributed by atoms with van der Waals surface area (Å²) in [5.41, 5.74) is 0. The Morgan fingerprint density at radius 2 is 0.750 bits per heavy atom. The van der Waals surface area contributed by atoms with Gasteiger partial charge in [-0.1, -0.05) is 0 Å². The molecule has 0 aliphatic heterocycles. The molecule has 0 amide bonds. The quantitative estimate of drug-likeness (QED) is 0.574. The van der Waals surface area contributed by atoms with E-state index >= 15 is 0 Å². The Morgan fingerprint density at radius 3 is 0.750 bits per heavy atom. The molecule has 0 saturated carbocycles. The molecule has 0 heterocycles. The first-order chi connectivity index (χ1) is 1.41. The van der Waals surface area contributed by atoms with Crippen molar-refractivity contribution < 1.29 is 21.7 Å². The van der Waals surface area contributed by atoms with Gasteiger partial charge < -0.3 is 5.32 Å². The molecule has 0 aromatic rings. The van der Waals surface area contributed by atoms with Crippen molar-refractivity contribution in [3.8, 4) is 0 Å². The molecule has 8 heavy (non-hydrogen) atoms. The van der Waals surface area contributed by atoms with Crippen LogP contribution in [-0.2, 0) is 21.7 Å². The summed E-state index contributed by atoms with van der Waals surface area (Å²) in [7, 11) is 3.50. The molecule has 0 saturated heterocycles. The first-order valence-electron chi connectivity index (χ1n) is 0.894. The molecule has 1 nitrogen and oxygen atoms in total. The van der Waals surface area contributed by atoms with E-state index in [2.05, 4.69) is 5.32 Å². The molecule has 0 atom stereocenters. The maximum atomic E-state index is 3.50. The van der Waals surface area contributed by atoms with Gasteiger partial charge in [0.25, 0.3) is 0 Å². The average molecular weight is 238 g/mol. The average Bonchev–Trinajstić information content (AvgIpc) is 0.918. The van der Waals surface area contributed by atoms with Crippen molar-refractivity contribution in [3.63, 3.8) is 0 Å². The van der Waals surface area contributed by atoms with Crippen molar-refractivity contribution in [2.24, 2.45) is 0 Å². The SMILES string of the molecule is C[N-]C.Cl.Cl.Cl.Cl.[Ti]. The molecule has 0 N–H and O–H groups in total. The van der Waals surface area contributed by atoms with E-state index in [1.54, 1.807) is 14.1 Å². The molecule has 0 unspecified atom stereocenters. The molecule has 0 bridgehead atoms. The van der Waals surface area contributed by atoms with Crippen molar-refractivity contribution in [2.45, 2.75) is 0 Å². The molecule has 0 aromatic heterocycles. The van der Waals surface area contributed by atoms with Crippen LogP contribution in [0.1, 0.15) is 0 Å². The second kappa shape index (κ2) is 67.5. The Balaban J connectivity index is -0.00000000200. The molecular weight excluding hydrogens is 228 g/mol. The fourth-order valence-electron chi connectivity index (χ4n) is 0. The Hall–Kier alpha value is 1.83. The van der Waals surface area contributed by atoms with E-state index in [1.165, 1.54) is 0 Å². The van der Waals surface area contributed by atoms with Crippen LogP contribution in [-0.4, -0.2) is 14.1 Å². The summed E-state index contributed by atoms with van der Waals surface area (Å²) in [5.74, 6) is 0. The van der Waals surface area contributed by atoms with Gasteiger partial charge in [0, 0.05) is 21.7 Å². The van der Waals surface area contributed by atoms with Gasteiger partial charge in [0.2, 0.25) is 0 Å². The first-order valence-corrected chi connectivity index (χ1v) is 0.894. The van der Waals surface area contributed by atoms with Crippen molar-refractivity contribution in [3.05, 3.63) is 5.32 Å². The minimum atomic E-state index is 0. The van der Waals surface area contributed by atoms with Gasteiger partial charge in [0.1, 0.15) is 0 Å². The fourth-order valence-corrected chi connectivity index (χ4v) is 0. The zero-order valence-electron chi connectivity index (χ0n) is 4.58. The summed E-state index contributed by atoms with van der Waals surface area (Å²) in [6, 6.07) is 0. The van der Waals surface area contributed by atoms with E-state index < -0.39 is 0 Å². The van der Waals surface area contributed by atoms with Gasteiger partial charge in [-0.15, -0.1) is 49.6 Å². The summed E-state index contributed by atoms with van der Waals surface area (Å²) in [6.45, 7) is 0. The van der Waals surface area contributed by atoms with E-state index in [9.17, 15) is 0 Å².